The third-order valence-corrected chi connectivity index (χ3v) is 2.19. The highest BCUT2D eigenvalue weighted by Crippen LogP contribution is 2.35. The van der Waals surface area contributed by atoms with Crippen molar-refractivity contribution in [2.75, 3.05) is 0 Å². The quantitative estimate of drug-likeness (QED) is 0.798. The maximum atomic E-state index is 13.0. The van der Waals surface area contributed by atoms with Crippen molar-refractivity contribution in [3.8, 4) is 5.75 Å². The summed E-state index contributed by atoms with van der Waals surface area (Å²) >= 11 is 5.76. The van der Waals surface area contributed by atoms with Crippen LogP contribution in [0, 0.1) is 5.82 Å². The van der Waals surface area contributed by atoms with E-state index in [1.807, 2.05) is 0 Å². The average Bonchev–Trinajstić information content (AvgIpc) is 2.11. The topological polar surface area (TPSA) is 46.5 Å². The zero-order chi connectivity index (χ0) is 11.6. The molecule has 0 aliphatic heterocycles. The predicted molar refractivity (Wildman–Crippen MR) is 53.3 cm³/mol. The molecule has 1 N–H and O–H groups in total. The normalized spacial score (nSPS) is 12.3. The van der Waals surface area contributed by atoms with Gasteiger partial charge in [-0.25, -0.2) is 4.39 Å². The molecule has 0 amide bonds. The van der Waals surface area contributed by atoms with E-state index in [-0.39, 0.29) is 10.6 Å². The lowest BCUT2D eigenvalue weighted by molar-refractivity contribution is -0.145. The van der Waals surface area contributed by atoms with Crippen LogP contribution in [-0.4, -0.2) is 11.1 Å². The highest BCUT2D eigenvalue weighted by molar-refractivity contribution is 6.31. The summed E-state index contributed by atoms with van der Waals surface area (Å²) in [7, 11) is 0. The summed E-state index contributed by atoms with van der Waals surface area (Å²) in [5.74, 6) is -1.91. The number of carbonyl (C=O) groups is 1. The Bertz CT molecular complexity index is 392. The van der Waals surface area contributed by atoms with Gasteiger partial charge in [0.2, 0.25) is 0 Å². The molecule has 0 fully saturated rings. The lowest BCUT2D eigenvalue weighted by atomic mass is 10.1. The Kier molecular flexibility index (Phi) is 3.52. The van der Waals surface area contributed by atoms with Crippen molar-refractivity contribution in [3.63, 3.8) is 0 Å². The van der Waals surface area contributed by atoms with Crippen molar-refractivity contribution in [2.24, 2.45) is 0 Å². The summed E-state index contributed by atoms with van der Waals surface area (Å²) in [6, 6.07) is 2.34. The van der Waals surface area contributed by atoms with Crippen LogP contribution in [-0.2, 0) is 9.53 Å². The maximum absolute atomic E-state index is 13.0. The van der Waals surface area contributed by atoms with Gasteiger partial charge in [-0.2, -0.15) is 0 Å². The van der Waals surface area contributed by atoms with Crippen molar-refractivity contribution in [2.45, 2.75) is 20.0 Å². The van der Waals surface area contributed by atoms with Crippen LogP contribution in [0.1, 0.15) is 25.5 Å². The molecule has 0 aliphatic rings. The zero-order valence-corrected chi connectivity index (χ0v) is 9.01. The molecule has 1 rings (SSSR count). The van der Waals surface area contributed by atoms with Crippen molar-refractivity contribution in [3.05, 3.63) is 28.5 Å². The van der Waals surface area contributed by atoms with E-state index in [0.717, 1.165) is 6.07 Å². The lowest BCUT2D eigenvalue weighted by Gasteiger charge is -2.15. The molecule has 82 valence electrons. The fourth-order valence-corrected chi connectivity index (χ4v) is 1.56. The van der Waals surface area contributed by atoms with Crippen LogP contribution in [0.25, 0.3) is 0 Å². The molecule has 0 saturated heterocycles. The van der Waals surface area contributed by atoms with Gasteiger partial charge in [0.05, 0.1) is 10.6 Å². The minimum atomic E-state index is -0.798. The molecule has 1 atom stereocenters. The molecule has 0 saturated carbocycles. The van der Waals surface area contributed by atoms with Crippen molar-refractivity contribution < 1.29 is 19.0 Å². The molecule has 0 bridgehead atoms. The van der Waals surface area contributed by atoms with E-state index >= 15 is 0 Å². The summed E-state index contributed by atoms with van der Waals surface area (Å²) in [4.78, 5) is 10.7. The minimum absolute atomic E-state index is 0.0758. The number of hydrogen-bond acceptors (Lipinski definition) is 3. The third kappa shape index (κ3) is 2.59. The number of phenols is 1. The number of esters is 1. The van der Waals surface area contributed by atoms with Crippen molar-refractivity contribution in [1.29, 1.82) is 0 Å². The van der Waals surface area contributed by atoms with Gasteiger partial charge in [-0.05, 0) is 19.1 Å². The first-order valence-electron chi connectivity index (χ1n) is 4.27. The van der Waals surface area contributed by atoms with E-state index in [1.165, 1.54) is 19.9 Å². The zero-order valence-electron chi connectivity index (χ0n) is 8.25. The fourth-order valence-electron chi connectivity index (χ4n) is 1.25. The second kappa shape index (κ2) is 4.49. The molecule has 0 spiro atoms. The molecule has 1 aromatic carbocycles. The Morgan fingerprint density at radius 1 is 1.60 bits per heavy atom. The highest BCUT2D eigenvalue weighted by Gasteiger charge is 2.19. The van der Waals surface area contributed by atoms with Crippen LogP contribution in [0.3, 0.4) is 0 Å². The van der Waals surface area contributed by atoms with E-state index in [4.69, 9.17) is 16.3 Å². The van der Waals surface area contributed by atoms with E-state index in [2.05, 4.69) is 0 Å². The van der Waals surface area contributed by atoms with Gasteiger partial charge >= 0.3 is 5.97 Å². The molecule has 3 nitrogen and oxygen atoms in total. The molecule has 0 heterocycles. The van der Waals surface area contributed by atoms with Crippen molar-refractivity contribution in [1.82, 2.24) is 0 Å². The first kappa shape index (κ1) is 11.8. The van der Waals surface area contributed by atoms with Gasteiger partial charge in [-0.1, -0.05) is 11.6 Å². The summed E-state index contributed by atoms with van der Waals surface area (Å²) in [6.45, 7) is 2.72. The Labute approximate surface area is 91.4 Å². The number of aromatic hydroxyl groups is 1. The number of halogens is 2. The predicted octanol–water partition coefficient (Wildman–Crippen LogP) is 2.81. The second-order valence-electron chi connectivity index (χ2n) is 3.04. The smallest absolute Gasteiger partial charge is 0.303 e. The highest BCUT2D eigenvalue weighted by atomic mass is 35.5. The van der Waals surface area contributed by atoms with Crippen LogP contribution in [0.2, 0.25) is 5.02 Å². The van der Waals surface area contributed by atoms with Gasteiger partial charge < -0.3 is 9.84 Å². The van der Waals surface area contributed by atoms with Gasteiger partial charge in [-0.3, -0.25) is 4.79 Å². The monoisotopic (exact) mass is 232 g/mol. The van der Waals surface area contributed by atoms with Gasteiger partial charge in [0.1, 0.15) is 6.10 Å². The summed E-state index contributed by atoms with van der Waals surface area (Å²) in [5.41, 5.74) is 0.0758. The number of benzene rings is 1. The Morgan fingerprint density at radius 3 is 2.73 bits per heavy atom. The Balaban J connectivity index is 3.12. The Morgan fingerprint density at radius 2 is 2.20 bits per heavy atom. The number of rotatable bonds is 2. The van der Waals surface area contributed by atoms with E-state index in [0.29, 0.717) is 0 Å². The molecule has 15 heavy (non-hydrogen) atoms. The fraction of sp³-hybridized carbons (Fsp3) is 0.300. The van der Waals surface area contributed by atoms with Gasteiger partial charge in [-0.15, -0.1) is 0 Å². The summed E-state index contributed by atoms with van der Waals surface area (Å²) < 4.78 is 17.8. The van der Waals surface area contributed by atoms with Crippen LogP contribution < -0.4 is 0 Å². The third-order valence-electron chi connectivity index (χ3n) is 1.86. The maximum Gasteiger partial charge on any atom is 0.303 e. The van der Waals surface area contributed by atoms with Crippen molar-refractivity contribution >= 4 is 17.6 Å². The molecule has 5 heteroatoms. The van der Waals surface area contributed by atoms with Crippen LogP contribution >= 0.6 is 11.6 Å². The van der Waals surface area contributed by atoms with Crippen LogP contribution in [0.4, 0.5) is 4.39 Å². The first-order valence-corrected chi connectivity index (χ1v) is 4.65. The van der Waals surface area contributed by atoms with Gasteiger partial charge in [0.15, 0.2) is 11.6 Å². The lowest BCUT2D eigenvalue weighted by Crippen LogP contribution is -2.06. The van der Waals surface area contributed by atoms with Gasteiger partial charge in [0.25, 0.3) is 0 Å². The van der Waals surface area contributed by atoms with Gasteiger partial charge in [0, 0.05) is 6.92 Å². The van der Waals surface area contributed by atoms with E-state index in [9.17, 15) is 14.3 Å². The summed E-state index contributed by atoms with van der Waals surface area (Å²) in [6.07, 6.45) is -0.786. The standard InChI is InChI=1S/C10H10ClFO3/c1-5(15-6(2)13)9-7(11)3-4-8(12)10(9)14/h3-5,14H,1-2H3/t5-/m0/s1. The number of hydrogen-bond donors (Lipinski definition) is 1. The van der Waals surface area contributed by atoms with Crippen LogP contribution in [0.15, 0.2) is 12.1 Å². The first-order chi connectivity index (χ1) is 6.93. The largest absolute Gasteiger partial charge is 0.504 e. The van der Waals surface area contributed by atoms with Crippen LogP contribution in [0.5, 0.6) is 5.75 Å². The molecule has 0 unspecified atom stereocenters. The summed E-state index contributed by atoms with van der Waals surface area (Å²) in [5, 5.41) is 9.57. The van der Waals surface area contributed by atoms with E-state index < -0.39 is 23.6 Å². The SMILES string of the molecule is CC(=O)O[C@@H](C)c1c(Cl)ccc(F)c1O. The number of phenolic OH excluding ortho intramolecular Hbond substituents is 1. The Hall–Kier alpha value is -1.29. The van der Waals surface area contributed by atoms with E-state index in [1.54, 1.807) is 0 Å². The molecule has 1 aromatic rings. The average molecular weight is 233 g/mol. The second-order valence-corrected chi connectivity index (χ2v) is 3.45. The number of carbonyl (C=O) groups excluding carboxylic acids is 1. The molecular weight excluding hydrogens is 223 g/mol. The molecular formula is C10H10ClFO3. The molecule has 0 radical (unpaired) electrons. The minimum Gasteiger partial charge on any atom is -0.504 e. The number of ether oxygens (including phenoxy) is 1. The molecule has 0 aliphatic carbocycles. The molecule has 0 aromatic heterocycles.